The molecule has 2 nitrogen and oxygen atoms in total. The molecule has 2 fully saturated rings. The van der Waals surface area contributed by atoms with Crippen LogP contribution in [0.1, 0.15) is 25.0 Å². The van der Waals surface area contributed by atoms with Crippen molar-refractivity contribution in [3.05, 3.63) is 24.0 Å². The Labute approximate surface area is 72.1 Å². The van der Waals surface area contributed by atoms with Crippen molar-refractivity contribution in [2.45, 2.75) is 31.0 Å². The summed E-state index contributed by atoms with van der Waals surface area (Å²) in [6.45, 7) is 0. The molecule has 2 heteroatoms. The van der Waals surface area contributed by atoms with E-state index in [1.165, 1.54) is 25.0 Å². The van der Waals surface area contributed by atoms with Gasteiger partial charge < -0.3 is 9.30 Å². The van der Waals surface area contributed by atoms with E-state index in [1.54, 1.807) is 0 Å². The highest BCUT2D eigenvalue weighted by atomic mass is 16.6. The van der Waals surface area contributed by atoms with E-state index in [0.29, 0.717) is 6.10 Å². The van der Waals surface area contributed by atoms with Crippen molar-refractivity contribution in [1.29, 1.82) is 0 Å². The van der Waals surface area contributed by atoms with Crippen LogP contribution in [0.2, 0.25) is 0 Å². The molecule has 12 heavy (non-hydrogen) atoms. The molecule has 0 aromatic carbocycles. The van der Waals surface area contributed by atoms with Gasteiger partial charge in [-0.05, 0) is 31.4 Å². The summed E-state index contributed by atoms with van der Waals surface area (Å²) in [7, 11) is 2.10. The zero-order valence-electron chi connectivity index (χ0n) is 7.29. The van der Waals surface area contributed by atoms with E-state index in [0.717, 1.165) is 0 Å². The van der Waals surface area contributed by atoms with Crippen molar-refractivity contribution in [3.63, 3.8) is 0 Å². The highest BCUT2D eigenvalue weighted by Gasteiger charge is 2.61. The molecule has 1 saturated carbocycles. The van der Waals surface area contributed by atoms with E-state index in [9.17, 15) is 0 Å². The van der Waals surface area contributed by atoms with Crippen molar-refractivity contribution in [2.75, 3.05) is 0 Å². The Morgan fingerprint density at radius 2 is 2.58 bits per heavy atom. The minimum atomic E-state index is 0.137. The van der Waals surface area contributed by atoms with Crippen LogP contribution < -0.4 is 0 Å². The minimum absolute atomic E-state index is 0.137. The van der Waals surface area contributed by atoms with Gasteiger partial charge in [-0.3, -0.25) is 0 Å². The molecule has 1 aromatic rings. The van der Waals surface area contributed by atoms with Gasteiger partial charge in [0.1, 0.15) is 5.60 Å². The second kappa shape index (κ2) is 1.94. The van der Waals surface area contributed by atoms with Crippen LogP contribution in [-0.4, -0.2) is 10.7 Å². The molecule has 2 aliphatic rings. The van der Waals surface area contributed by atoms with E-state index in [4.69, 9.17) is 4.74 Å². The summed E-state index contributed by atoms with van der Waals surface area (Å²) in [4.78, 5) is 0. The number of aryl methyl sites for hydroxylation is 1. The number of fused-ring (bicyclic) bond motifs is 1. The third-order valence-corrected chi connectivity index (χ3v) is 3.21. The van der Waals surface area contributed by atoms with Gasteiger partial charge in [0, 0.05) is 13.2 Å². The van der Waals surface area contributed by atoms with Crippen LogP contribution in [0.15, 0.2) is 18.3 Å². The lowest BCUT2D eigenvalue weighted by atomic mass is 10.0. The van der Waals surface area contributed by atoms with E-state index >= 15 is 0 Å². The van der Waals surface area contributed by atoms with Gasteiger partial charge in [-0.2, -0.15) is 0 Å². The van der Waals surface area contributed by atoms with Gasteiger partial charge in [0.05, 0.1) is 11.8 Å². The molecular weight excluding hydrogens is 150 g/mol. The first-order valence-corrected chi connectivity index (χ1v) is 4.62. The monoisotopic (exact) mass is 163 g/mol. The Balaban J connectivity index is 2.04. The van der Waals surface area contributed by atoms with E-state index in [2.05, 4.69) is 29.9 Å². The van der Waals surface area contributed by atoms with Crippen molar-refractivity contribution in [3.8, 4) is 0 Å². The van der Waals surface area contributed by atoms with Crippen LogP contribution in [0.3, 0.4) is 0 Å². The smallest absolute Gasteiger partial charge is 0.134 e. The number of nitrogens with zero attached hydrogens (tertiary/aromatic N) is 1. The van der Waals surface area contributed by atoms with E-state index in [-0.39, 0.29) is 5.60 Å². The summed E-state index contributed by atoms with van der Waals surface area (Å²) in [5.74, 6) is 0. The molecular formula is C10H13NO. The van der Waals surface area contributed by atoms with Crippen LogP contribution in [0.25, 0.3) is 0 Å². The molecule has 2 heterocycles. The fourth-order valence-electron chi connectivity index (χ4n) is 2.54. The van der Waals surface area contributed by atoms with Gasteiger partial charge in [0.2, 0.25) is 0 Å². The molecule has 0 spiro atoms. The fourth-order valence-corrected chi connectivity index (χ4v) is 2.54. The highest BCUT2D eigenvalue weighted by molar-refractivity contribution is 5.26. The molecule has 1 aromatic heterocycles. The first kappa shape index (κ1) is 6.72. The standard InChI is InChI=1S/C10H13NO/c1-11-7-3-4-8(11)10-6-2-5-9(10)12-10/h3-4,7,9H,2,5-6H2,1H3/t9-,10+/m0/s1. The molecule has 3 rings (SSSR count). The average Bonchev–Trinajstić information content (AvgIpc) is 2.49. The molecule has 1 aliphatic carbocycles. The third-order valence-electron chi connectivity index (χ3n) is 3.21. The molecule has 64 valence electrons. The summed E-state index contributed by atoms with van der Waals surface area (Å²) in [5.41, 5.74) is 1.50. The maximum absolute atomic E-state index is 5.74. The number of ether oxygens (including phenoxy) is 1. The predicted molar refractivity (Wildman–Crippen MR) is 45.8 cm³/mol. The molecule has 0 N–H and O–H groups in total. The van der Waals surface area contributed by atoms with Crippen molar-refractivity contribution in [2.24, 2.45) is 7.05 Å². The lowest BCUT2D eigenvalue weighted by molar-refractivity contribution is 0.246. The van der Waals surface area contributed by atoms with Crippen molar-refractivity contribution in [1.82, 2.24) is 4.57 Å². The summed E-state index contributed by atoms with van der Waals surface area (Å²) < 4.78 is 7.93. The topological polar surface area (TPSA) is 17.5 Å². The third kappa shape index (κ3) is 0.643. The average molecular weight is 163 g/mol. The zero-order chi connectivity index (χ0) is 8.18. The molecule has 0 amide bonds. The van der Waals surface area contributed by atoms with Crippen LogP contribution in [0.5, 0.6) is 0 Å². The Morgan fingerprint density at radius 1 is 1.67 bits per heavy atom. The second-order valence-corrected chi connectivity index (χ2v) is 3.89. The quantitative estimate of drug-likeness (QED) is 0.577. The molecule has 0 bridgehead atoms. The highest BCUT2D eigenvalue weighted by Crippen LogP contribution is 2.56. The summed E-state index contributed by atoms with van der Waals surface area (Å²) in [6, 6.07) is 4.28. The minimum Gasteiger partial charge on any atom is -0.359 e. The second-order valence-electron chi connectivity index (χ2n) is 3.89. The summed E-state index contributed by atoms with van der Waals surface area (Å²) in [5, 5.41) is 0. The lowest BCUT2D eigenvalue weighted by Gasteiger charge is -2.09. The van der Waals surface area contributed by atoms with Crippen LogP contribution in [0, 0.1) is 0 Å². The number of hydrogen-bond acceptors (Lipinski definition) is 1. The largest absolute Gasteiger partial charge is 0.359 e. The van der Waals surface area contributed by atoms with Gasteiger partial charge in [-0.15, -0.1) is 0 Å². The van der Waals surface area contributed by atoms with Gasteiger partial charge in [0.25, 0.3) is 0 Å². The van der Waals surface area contributed by atoms with Gasteiger partial charge >= 0.3 is 0 Å². The zero-order valence-corrected chi connectivity index (χ0v) is 7.29. The number of hydrogen-bond donors (Lipinski definition) is 0. The lowest BCUT2D eigenvalue weighted by Crippen LogP contribution is -2.11. The Kier molecular flexibility index (Phi) is 1.09. The summed E-state index contributed by atoms with van der Waals surface area (Å²) in [6.07, 6.45) is 6.43. The summed E-state index contributed by atoms with van der Waals surface area (Å²) >= 11 is 0. The maximum Gasteiger partial charge on any atom is 0.134 e. The van der Waals surface area contributed by atoms with E-state index < -0.39 is 0 Å². The molecule has 2 atom stereocenters. The van der Waals surface area contributed by atoms with Gasteiger partial charge in [-0.25, -0.2) is 0 Å². The van der Waals surface area contributed by atoms with Crippen LogP contribution >= 0.6 is 0 Å². The van der Waals surface area contributed by atoms with Crippen molar-refractivity contribution >= 4 is 0 Å². The van der Waals surface area contributed by atoms with E-state index in [1.807, 2.05) is 0 Å². The number of aromatic nitrogens is 1. The number of epoxide rings is 1. The van der Waals surface area contributed by atoms with Crippen molar-refractivity contribution < 1.29 is 4.74 Å². The molecule has 0 unspecified atom stereocenters. The predicted octanol–water partition coefficient (Wildman–Crippen LogP) is 1.80. The first-order chi connectivity index (χ1) is 5.83. The molecule has 1 aliphatic heterocycles. The van der Waals surface area contributed by atoms with Gasteiger partial charge in [0.15, 0.2) is 0 Å². The van der Waals surface area contributed by atoms with Crippen LogP contribution in [0.4, 0.5) is 0 Å². The molecule has 1 saturated heterocycles. The Bertz CT molecular complexity index is 317. The fraction of sp³-hybridized carbons (Fsp3) is 0.600. The maximum atomic E-state index is 5.74. The normalized spacial score (nSPS) is 38.2. The van der Waals surface area contributed by atoms with Gasteiger partial charge in [-0.1, -0.05) is 0 Å². The SMILES string of the molecule is Cn1cccc1[C@]12CCC[C@@H]1O2. The molecule has 0 radical (unpaired) electrons. The number of rotatable bonds is 1. The Morgan fingerprint density at radius 3 is 3.08 bits per heavy atom. The van der Waals surface area contributed by atoms with Crippen LogP contribution in [-0.2, 0) is 17.4 Å². The Hall–Kier alpha value is -0.760. The first-order valence-electron chi connectivity index (χ1n) is 4.62.